The van der Waals surface area contributed by atoms with Crippen molar-refractivity contribution in [2.45, 2.75) is 37.1 Å². The van der Waals surface area contributed by atoms with E-state index in [4.69, 9.17) is 21.1 Å². The molecule has 0 bridgehead atoms. The molecule has 2 aliphatic rings. The van der Waals surface area contributed by atoms with Crippen LogP contribution in [-0.4, -0.2) is 52.9 Å². The van der Waals surface area contributed by atoms with Crippen LogP contribution in [0.2, 0.25) is 5.15 Å². The van der Waals surface area contributed by atoms with Crippen molar-refractivity contribution in [3.05, 3.63) is 88.1 Å². The SMILES string of the molecule is CCN(CC)C[C@H]1[C@@H](O)[C@@]2(O)c3c(cc(Cl)nc3OC)O[C@@]2(c2ccc(C#N)cc2)[C@@H]1c1ccccc1. The fraction of sp³-hybridized carbons (Fsp3) is 0.379. The Labute approximate surface area is 221 Å². The van der Waals surface area contributed by atoms with Crippen LogP contribution >= 0.6 is 11.6 Å². The van der Waals surface area contributed by atoms with Crippen LogP contribution in [0.15, 0.2) is 60.7 Å². The standard InChI is InChI=1S/C29H30ClN3O4/c1-4-33(5-2)17-21-24(19-9-7-6-8-10-19)29(20-13-11-18(16-31)12-14-20)28(35,26(21)34)25-22(37-29)15-23(30)32-27(25)36-3/h6-15,21,24,26,34-35H,4-5,17H2,1-3H3/t21-,24-,26-,28+,29+/m1/s1. The zero-order valence-electron chi connectivity index (χ0n) is 21.1. The van der Waals surface area contributed by atoms with Gasteiger partial charge in [-0.25, -0.2) is 4.98 Å². The minimum Gasteiger partial charge on any atom is -0.481 e. The number of hydrogen-bond donors (Lipinski definition) is 2. The Kier molecular flexibility index (Phi) is 6.63. The topological polar surface area (TPSA) is 98.8 Å². The summed E-state index contributed by atoms with van der Waals surface area (Å²) in [6.45, 7) is 6.28. The van der Waals surface area contributed by atoms with Gasteiger partial charge in [-0.05, 0) is 36.3 Å². The number of fused-ring (bicyclic) bond motifs is 3. The summed E-state index contributed by atoms with van der Waals surface area (Å²) >= 11 is 6.31. The summed E-state index contributed by atoms with van der Waals surface area (Å²) in [5, 5.41) is 34.5. The first-order chi connectivity index (χ1) is 17.8. The Morgan fingerprint density at radius 2 is 1.81 bits per heavy atom. The highest BCUT2D eigenvalue weighted by Crippen LogP contribution is 2.69. The lowest BCUT2D eigenvalue weighted by molar-refractivity contribution is -0.152. The van der Waals surface area contributed by atoms with Crippen LogP contribution in [0.3, 0.4) is 0 Å². The smallest absolute Gasteiger partial charge is 0.224 e. The van der Waals surface area contributed by atoms with Gasteiger partial charge in [0.15, 0.2) is 11.2 Å². The van der Waals surface area contributed by atoms with E-state index < -0.39 is 29.1 Å². The number of rotatable bonds is 7. The van der Waals surface area contributed by atoms with E-state index in [-0.39, 0.29) is 16.6 Å². The largest absolute Gasteiger partial charge is 0.481 e. The van der Waals surface area contributed by atoms with Crippen molar-refractivity contribution >= 4 is 11.6 Å². The van der Waals surface area contributed by atoms with Crippen LogP contribution in [0.5, 0.6) is 11.6 Å². The number of hydrogen-bond acceptors (Lipinski definition) is 7. The van der Waals surface area contributed by atoms with Crippen molar-refractivity contribution in [3.63, 3.8) is 0 Å². The molecule has 1 fully saturated rings. The maximum absolute atomic E-state index is 12.8. The number of halogens is 1. The minimum absolute atomic E-state index is 0.106. The molecule has 1 aromatic heterocycles. The van der Waals surface area contributed by atoms with E-state index in [1.807, 2.05) is 30.3 Å². The summed E-state index contributed by atoms with van der Waals surface area (Å²) in [7, 11) is 1.45. The van der Waals surface area contributed by atoms with E-state index in [0.29, 0.717) is 23.4 Å². The van der Waals surface area contributed by atoms with Gasteiger partial charge in [0.1, 0.15) is 10.9 Å². The van der Waals surface area contributed by atoms with Gasteiger partial charge in [-0.3, -0.25) is 0 Å². The molecule has 0 radical (unpaired) electrons. The molecule has 0 saturated heterocycles. The average Bonchev–Trinajstić information content (AvgIpc) is 3.29. The molecule has 1 aliphatic carbocycles. The van der Waals surface area contributed by atoms with Gasteiger partial charge in [0.05, 0.1) is 30.4 Å². The predicted octanol–water partition coefficient (Wildman–Crippen LogP) is 4.21. The predicted molar refractivity (Wildman–Crippen MR) is 140 cm³/mol. The third-order valence-corrected chi connectivity index (χ3v) is 8.19. The van der Waals surface area contributed by atoms with Gasteiger partial charge >= 0.3 is 0 Å². The molecule has 2 heterocycles. The average molecular weight is 520 g/mol. The lowest BCUT2D eigenvalue weighted by atomic mass is 9.70. The molecule has 192 valence electrons. The second kappa shape index (κ2) is 9.62. The number of methoxy groups -OCH3 is 1. The van der Waals surface area contributed by atoms with Gasteiger partial charge in [0, 0.05) is 24.4 Å². The van der Waals surface area contributed by atoms with Crippen LogP contribution in [0, 0.1) is 17.2 Å². The highest BCUT2D eigenvalue weighted by molar-refractivity contribution is 6.29. The molecule has 1 aliphatic heterocycles. The lowest BCUT2D eigenvalue weighted by Crippen LogP contribution is -2.52. The normalized spacial score (nSPS) is 27.9. The van der Waals surface area contributed by atoms with E-state index in [1.165, 1.54) is 7.11 Å². The molecule has 2 aromatic carbocycles. The number of aliphatic hydroxyl groups excluding tert-OH is 1. The van der Waals surface area contributed by atoms with Crippen molar-refractivity contribution < 1.29 is 19.7 Å². The van der Waals surface area contributed by atoms with E-state index in [9.17, 15) is 15.5 Å². The Morgan fingerprint density at radius 1 is 1.14 bits per heavy atom. The van der Waals surface area contributed by atoms with Gasteiger partial charge in [0.25, 0.3) is 0 Å². The first kappa shape index (κ1) is 25.5. The Hall–Kier alpha value is -3.15. The Morgan fingerprint density at radius 3 is 2.41 bits per heavy atom. The highest BCUT2D eigenvalue weighted by atomic mass is 35.5. The number of benzene rings is 2. The molecular weight excluding hydrogens is 490 g/mol. The van der Waals surface area contributed by atoms with Gasteiger partial charge < -0.3 is 24.6 Å². The molecule has 0 spiro atoms. The molecule has 8 heteroatoms. The second-order valence-corrected chi connectivity index (χ2v) is 9.99. The molecule has 7 nitrogen and oxygen atoms in total. The van der Waals surface area contributed by atoms with Crippen LogP contribution in [0.1, 0.15) is 42.0 Å². The monoisotopic (exact) mass is 519 g/mol. The molecule has 2 N–H and O–H groups in total. The van der Waals surface area contributed by atoms with Crippen molar-refractivity contribution in [3.8, 4) is 17.7 Å². The molecule has 37 heavy (non-hydrogen) atoms. The van der Waals surface area contributed by atoms with E-state index >= 15 is 0 Å². The molecule has 5 rings (SSSR count). The lowest BCUT2D eigenvalue weighted by Gasteiger charge is -2.41. The van der Waals surface area contributed by atoms with Crippen molar-refractivity contribution in [1.29, 1.82) is 5.26 Å². The summed E-state index contributed by atoms with van der Waals surface area (Å²) in [4.78, 5) is 6.55. The Balaban J connectivity index is 1.84. The first-order valence-corrected chi connectivity index (χ1v) is 12.9. The molecule has 0 amide bonds. The summed E-state index contributed by atoms with van der Waals surface area (Å²) in [6.07, 6.45) is -1.23. The van der Waals surface area contributed by atoms with E-state index in [1.54, 1.807) is 30.3 Å². The van der Waals surface area contributed by atoms with E-state index in [0.717, 1.165) is 18.7 Å². The summed E-state index contributed by atoms with van der Waals surface area (Å²) in [6, 6.07) is 20.5. The van der Waals surface area contributed by atoms with Crippen LogP contribution in [-0.2, 0) is 11.2 Å². The van der Waals surface area contributed by atoms with Crippen LogP contribution in [0.25, 0.3) is 0 Å². The third kappa shape index (κ3) is 3.63. The maximum Gasteiger partial charge on any atom is 0.224 e. The number of aliphatic hydroxyl groups is 2. The maximum atomic E-state index is 12.8. The zero-order chi connectivity index (χ0) is 26.4. The molecule has 1 saturated carbocycles. The number of ether oxygens (including phenoxy) is 2. The van der Waals surface area contributed by atoms with E-state index in [2.05, 4.69) is 29.8 Å². The van der Waals surface area contributed by atoms with Gasteiger partial charge in [-0.1, -0.05) is 67.9 Å². The van der Waals surface area contributed by atoms with Crippen LogP contribution < -0.4 is 9.47 Å². The number of pyridine rings is 1. The zero-order valence-corrected chi connectivity index (χ0v) is 21.8. The minimum atomic E-state index is -1.92. The van der Waals surface area contributed by atoms with Gasteiger partial charge in [0.2, 0.25) is 5.88 Å². The van der Waals surface area contributed by atoms with Crippen LogP contribution in [0.4, 0.5) is 0 Å². The van der Waals surface area contributed by atoms with Crippen molar-refractivity contribution in [1.82, 2.24) is 9.88 Å². The molecular formula is C29H30ClN3O4. The van der Waals surface area contributed by atoms with Gasteiger partial charge in [-0.2, -0.15) is 5.26 Å². The van der Waals surface area contributed by atoms with Crippen molar-refractivity contribution in [2.75, 3.05) is 26.7 Å². The number of aromatic nitrogens is 1. The molecule has 0 unspecified atom stereocenters. The summed E-state index contributed by atoms with van der Waals surface area (Å²) in [5.41, 5.74) is -1.04. The fourth-order valence-corrected chi connectivity index (χ4v) is 6.50. The fourth-order valence-electron chi connectivity index (χ4n) is 6.33. The number of nitrogens with zero attached hydrogens (tertiary/aromatic N) is 3. The Bertz CT molecular complexity index is 1330. The molecule has 5 atom stereocenters. The number of nitriles is 1. The quantitative estimate of drug-likeness (QED) is 0.451. The third-order valence-electron chi connectivity index (χ3n) is 8.00. The van der Waals surface area contributed by atoms with Gasteiger partial charge in [-0.15, -0.1) is 0 Å². The highest BCUT2D eigenvalue weighted by Gasteiger charge is 2.77. The summed E-state index contributed by atoms with van der Waals surface area (Å²) < 4.78 is 12.4. The second-order valence-electron chi connectivity index (χ2n) is 9.60. The van der Waals surface area contributed by atoms with Crippen molar-refractivity contribution in [2.24, 2.45) is 5.92 Å². The first-order valence-electron chi connectivity index (χ1n) is 12.5. The summed E-state index contributed by atoms with van der Waals surface area (Å²) in [5.74, 6) is -0.450. The molecule has 3 aromatic rings.